The molecule has 0 atom stereocenters. The number of para-hydroxylation sites is 1. The Hall–Kier alpha value is -2.93. The molecule has 3 rings (SSSR count). The molecule has 1 aromatic heterocycles. The maximum absolute atomic E-state index is 5.26. The van der Waals surface area contributed by atoms with Crippen molar-refractivity contribution in [3.8, 4) is 5.75 Å². The third-order valence-electron chi connectivity index (χ3n) is 3.09. The molecule has 0 aliphatic rings. The molecule has 0 radical (unpaired) electrons. The van der Waals surface area contributed by atoms with Crippen LogP contribution in [-0.2, 0) is 0 Å². The van der Waals surface area contributed by atoms with Gasteiger partial charge in [-0.15, -0.1) is 0 Å². The molecular weight excluding hydrogens is 310 g/mol. The topological polar surface area (TPSA) is 71.4 Å². The van der Waals surface area contributed by atoms with Crippen LogP contribution in [0, 0.1) is 0 Å². The van der Waals surface area contributed by atoms with E-state index in [4.69, 9.17) is 4.74 Å². The summed E-state index contributed by atoms with van der Waals surface area (Å²) in [6, 6.07) is 13.4. The Bertz CT molecular complexity index is 858. The van der Waals surface area contributed by atoms with Crippen LogP contribution in [0.1, 0.15) is 5.56 Å². The fourth-order valence-electron chi connectivity index (χ4n) is 2.01. The highest BCUT2D eigenvalue weighted by Crippen LogP contribution is 2.18. The van der Waals surface area contributed by atoms with Crippen LogP contribution in [0.2, 0.25) is 0 Å². The second kappa shape index (κ2) is 6.89. The van der Waals surface area contributed by atoms with Crippen molar-refractivity contribution in [3.63, 3.8) is 0 Å². The van der Waals surface area contributed by atoms with Gasteiger partial charge in [0.2, 0.25) is 0 Å². The van der Waals surface area contributed by atoms with Crippen LogP contribution in [-0.4, -0.2) is 22.1 Å². The fraction of sp³-hybridized carbons (Fsp3) is 0.0625. The minimum absolute atomic E-state index is 0.554. The van der Waals surface area contributed by atoms with Crippen molar-refractivity contribution in [1.29, 1.82) is 0 Å². The number of aromatic nitrogens is 2. The molecule has 7 heteroatoms. The van der Waals surface area contributed by atoms with Gasteiger partial charge in [-0.25, -0.2) is 0 Å². The van der Waals surface area contributed by atoms with Crippen molar-refractivity contribution in [2.24, 2.45) is 5.10 Å². The van der Waals surface area contributed by atoms with E-state index in [0.29, 0.717) is 5.82 Å². The first-order valence-electron chi connectivity index (χ1n) is 6.86. The molecule has 3 aromatic rings. The molecule has 0 aliphatic heterocycles. The highest BCUT2D eigenvalue weighted by atomic mass is 32.1. The monoisotopic (exact) mass is 325 g/mol. The summed E-state index contributed by atoms with van der Waals surface area (Å²) in [5.74, 6) is 1.32. The van der Waals surface area contributed by atoms with Crippen LogP contribution in [0.5, 0.6) is 5.75 Å². The maximum atomic E-state index is 5.26. The van der Waals surface area contributed by atoms with Crippen molar-refractivity contribution < 1.29 is 4.74 Å². The number of hydrogen-bond acceptors (Lipinski definition) is 7. The lowest BCUT2D eigenvalue weighted by Gasteiger charge is -2.08. The fourth-order valence-corrected chi connectivity index (χ4v) is 2.53. The molecule has 0 spiro atoms. The van der Waals surface area contributed by atoms with E-state index in [9.17, 15) is 0 Å². The Kier molecular flexibility index (Phi) is 4.49. The average molecular weight is 325 g/mol. The van der Waals surface area contributed by atoms with Gasteiger partial charge in [0.15, 0.2) is 0 Å². The predicted molar refractivity (Wildman–Crippen MR) is 93.9 cm³/mol. The van der Waals surface area contributed by atoms with Gasteiger partial charge in [0.25, 0.3) is 0 Å². The van der Waals surface area contributed by atoms with Crippen LogP contribution in [0.3, 0.4) is 0 Å². The highest BCUT2D eigenvalue weighted by molar-refractivity contribution is 7.00. The number of rotatable bonds is 6. The van der Waals surface area contributed by atoms with Crippen LogP contribution < -0.4 is 15.5 Å². The molecule has 23 heavy (non-hydrogen) atoms. The Morgan fingerprint density at radius 1 is 1.22 bits per heavy atom. The first-order chi connectivity index (χ1) is 11.3. The van der Waals surface area contributed by atoms with Gasteiger partial charge in [0, 0.05) is 11.3 Å². The summed E-state index contributed by atoms with van der Waals surface area (Å²) in [6.07, 6.45) is 1.68. The largest absolute Gasteiger partial charge is 0.496 e. The number of fused-ring (bicyclic) bond motifs is 1. The van der Waals surface area contributed by atoms with E-state index in [1.165, 1.54) is 11.7 Å². The predicted octanol–water partition coefficient (Wildman–Crippen LogP) is 3.21. The van der Waals surface area contributed by atoms with Crippen molar-refractivity contribution in [2.45, 2.75) is 0 Å². The number of nitrogens with one attached hydrogen (secondary N) is 2. The first kappa shape index (κ1) is 15.0. The standard InChI is InChI=1S/C16H15N5OS/c1-11(18-13-7-8-14-15(9-13)21-23-20-14)19-17-10-12-5-3-4-6-16(12)22-2/h3-10,18-19H,1H2,2H3/b17-10+. The van der Waals surface area contributed by atoms with E-state index in [2.05, 4.69) is 31.2 Å². The summed E-state index contributed by atoms with van der Waals surface area (Å²) < 4.78 is 13.6. The summed E-state index contributed by atoms with van der Waals surface area (Å²) in [5.41, 5.74) is 6.33. The molecule has 0 unspecified atom stereocenters. The van der Waals surface area contributed by atoms with E-state index in [-0.39, 0.29) is 0 Å². The molecule has 1 heterocycles. The molecule has 0 saturated heterocycles. The van der Waals surface area contributed by atoms with E-state index in [1.807, 2.05) is 42.5 Å². The molecule has 2 N–H and O–H groups in total. The maximum Gasteiger partial charge on any atom is 0.127 e. The Morgan fingerprint density at radius 3 is 2.91 bits per heavy atom. The molecule has 0 aliphatic carbocycles. The van der Waals surface area contributed by atoms with E-state index in [1.54, 1.807) is 13.3 Å². The molecule has 6 nitrogen and oxygen atoms in total. The normalized spacial score (nSPS) is 10.8. The lowest BCUT2D eigenvalue weighted by atomic mass is 10.2. The van der Waals surface area contributed by atoms with E-state index >= 15 is 0 Å². The number of hydrogen-bond donors (Lipinski definition) is 2. The average Bonchev–Trinajstić information content (AvgIpc) is 3.03. The summed E-state index contributed by atoms with van der Waals surface area (Å²) in [4.78, 5) is 0. The zero-order chi connectivity index (χ0) is 16.1. The number of anilines is 1. The first-order valence-corrected chi connectivity index (χ1v) is 7.59. The Balaban J connectivity index is 1.61. The van der Waals surface area contributed by atoms with Gasteiger partial charge >= 0.3 is 0 Å². The van der Waals surface area contributed by atoms with Crippen LogP contribution in [0.4, 0.5) is 5.69 Å². The Morgan fingerprint density at radius 2 is 2.04 bits per heavy atom. The molecular formula is C16H15N5OS. The molecule has 0 fully saturated rings. The SMILES string of the molecule is C=C(N/N=C/c1ccccc1OC)Nc1ccc2nsnc2c1. The molecule has 2 aromatic carbocycles. The quantitative estimate of drug-likeness (QED) is 0.538. The number of benzene rings is 2. The minimum atomic E-state index is 0.554. The summed E-state index contributed by atoms with van der Waals surface area (Å²) in [6.45, 7) is 3.89. The van der Waals surface area contributed by atoms with Crippen LogP contribution in [0.25, 0.3) is 11.0 Å². The zero-order valence-corrected chi connectivity index (χ0v) is 13.3. The number of nitrogens with zero attached hydrogens (tertiary/aromatic N) is 3. The molecule has 0 amide bonds. The van der Waals surface area contributed by atoms with Crippen molar-refractivity contribution in [3.05, 3.63) is 60.4 Å². The van der Waals surface area contributed by atoms with Gasteiger partial charge in [-0.05, 0) is 30.3 Å². The van der Waals surface area contributed by atoms with Crippen molar-refractivity contribution >= 4 is 34.7 Å². The smallest absolute Gasteiger partial charge is 0.127 e. The number of methoxy groups -OCH3 is 1. The molecule has 0 bridgehead atoms. The van der Waals surface area contributed by atoms with Crippen LogP contribution >= 0.6 is 11.7 Å². The summed E-state index contributed by atoms with van der Waals surface area (Å²) in [7, 11) is 1.63. The van der Waals surface area contributed by atoms with Gasteiger partial charge in [-0.1, -0.05) is 18.7 Å². The Labute approximate surface area is 137 Å². The zero-order valence-electron chi connectivity index (χ0n) is 12.5. The van der Waals surface area contributed by atoms with Gasteiger partial charge in [-0.2, -0.15) is 13.8 Å². The summed E-state index contributed by atoms with van der Waals surface area (Å²) in [5, 5.41) is 7.28. The van der Waals surface area contributed by atoms with Crippen LogP contribution in [0.15, 0.2) is 60.0 Å². The molecule has 116 valence electrons. The van der Waals surface area contributed by atoms with Crippen molar-refractivity contribution in [1.82, 2.24) is 14.2 Å². The van der Waals surface area contributed by atoms with Crippen molar-refractivity contribution in [2.75, 3.05) is 12.4 Å². The van der Waals surface area contributed by atoms with E-state index in [0.717, 1.165) is 28.0 Å². The number of ether oxygens (including phenoxy) is 1. The lowest BCUT2D eigenvalue weighted by Crippen LogP contribution is -2.13. The van der Waals surface area contributed by atoms with Gasteiger partial charge < -0.3 is 10.1 Å². The minimum Gasteiger partial charge on any atom is -0.496 e. The highest BCUT2D eigenvalue weighted by Gasteiger charge is 2.01. The van der Waals surface area contributed by atoms with Gasteiger partial charge in [-0.3, -0.25) is 5.43 Å². The summed E-state index contributed by atoms with van der Waals surface area (Å²) >= 11 is 1.19. The lowest BCUT2D eigenvalue weighted by molar-refractivity contribution is 0.414. The second-order valence-electron chi connectivity index (χ2n) is 4.68. The number of hydrazone groups is 1. The second-order valence-corrected chi connectivity index (χ2v) is 5.21. The van der Waals surface area contributed by atoms with Gasteiger partial charge in [0.05, 0.1) is 25.1 Å². The van der Waals surface area contributed by atoms with Gasteiger partial charge in [0.1, 0.15) is 22.6 Å². The third-order valence-corrected chi connectivity index (χ3v) is 3.65. The third kappa shape index (κ3) is 3.64. The van der Waals surface area contributed by atoms with E-state index < -0.39 is 0 Å². The molecule has 0 saturated carbocycles.